The summed E-state index contributed by atoms with van der Waals surface area (Å²) in [7, 11) is 3.37. The predicted octanol–water partition coefficient (Wildman–Crippen LogP) is 2.44. The van der Waals surface area contributed by atoms with Gasteiger partial charge >= 0.3 is 0 Å². The second-order valence-electron chi connectivity index (χ2n) is 5.60. The third-order valence-corrected chi connectivity index (χ3v) is 4.15. The molecule has 1 aromatic rings. The minimum atomic E-state index is 0.221. The minimum absolute atomic E-state index is 0.221. The van der Waals surface area contributed by atoms with Crippen molar-refractivity contribution in [2.75, 3.05) is 33.9 Å². The van der Waals surface area contributed by atoms with E-state index in [9.17, 15) is 0 Å². The van der Waals surface area contributed by atoms with Crippen LogP contribution in [0.4, 0.5) is 0 Å². The van der Waals surface area contributed by atoms with Crippen molar-refractivity contribution < 1.29 is 9.47 Å². The van der Waals surface area contributed by atoms with Gasteiger partial charge in [0.25, 0.3) is 0 Å². The Kier molecular flexibility index (Phi) is 5.26. The molecule has 2 rings (SSSR count). The van der Waals surface area contributed by atoms with Gasteiger partial charge in [0.1, 0.15) is 11.5 Å². The van der Waals surface area contributed by atoms with Crippen molar-refractivity contribution in [2.45, 2.75) is 25.8 Å². The number of likely N-dealkylation sites (tertiary alicyclic amines) is 1. The summed E-state index contributed by atoms with van der Waals surface area (Å²) in [4.78, 5) is 2.48. The molecular formula is C16H26N2O2. The van der Waals surface area contributed by atoms with E-state index >= 15 is 0 Å². The largest absolute Gasteiger partial charge is 0.497 e. The van der Waals surface area contributed by atoms with Crippen LogP contribution in [0, 0.1) is 5.92 Å². The highest BCUT2D eigenvalue weighted by molar-refractivity contribution is 5.42. The lowest BCUT2D eigenvalue weighted by Gasteiger charge is -2.37. The number of methoxy groups -OCH3 is 2. The molecule has 1 fully saturated rings. The number of ether oxygens (including phenoxy) is 2. The van der Waals surface area contributed by atoms with Gasteiger partial charge in [-0.15, -0.1) is 0 Å². The maximum absolute atomic E-state index is 6.05. The van der Waals surface area contributed by atoms with Crippen LogP contribution in [-0.4, -0.2) is 38.8 Å². The van der Waals surface area contributed by atoms with E-state index in [1.165, 1.54) is 12.8 Å². The Labute approximate surface area is 121 Å². The zero-order valence-electron chi connectivity index (χ0n) is 12.8. The number of hydrogen-bond donors (Lipinski definition) is 1. The summed E-state index contributed by atoms with van der Waals surface area (Å²) in [5, 5.41) is 0. The second-order valence-corrected chi connectivity index (χ2v) is 5.60. The molecule has 4 nitrogen and oxygen atoms in total. The van der Waals surface area contributed by atoms with Crippen molar-refractivity contribution in [2.24, 2.45) is 11.7 Å². The average molecular weight is 278 g/mol. The maximum Gasteiger partial charge on any atom is 0.127 e. The number of piperidine rings is 1. The molecule has 0 unspecified atom stereocenters. The van der Waals surface area contributed by atoms with Crippen molar-refractivity contribution in [3.63, 3.8) is 0 Å². The van der Waals surface area contributed by atoms with E-state index in [2.05, 4.69) is 17.9 Å². The molecule has 20 heavy (non-hydrogen) atoms. The summed E-state index contributed by atoms with van der Waals surface area (Å²) < 4.78 is 10.8. The molecule has 2 N–H and O–H groups in total. The van der Waals surface area contributed by atoms with Gasteiger partial charge in [-0.3, -0.25) is 4.90 Å². The monoisotopic (exact) mass is 278 g/mol. The fraction of sp³-hybridized carbons (Fsp3) is 0.625. The van der Waals surface area contributed by atoms with Gasteiger partial charge in [0.15, 0.2) is 0 Å². The van der Waals surface area contributed by atoms with Gasteiger partial charge in [0, 0.05) is 24.7 Å². The minimum Gasteiger partial charge on any atom is -0.497 e. The van der Waals surface area contributed by atoms with Crippen LogP contribution in [0.25, 0.3) is 0 Å². The quantitative estimate of drug-likeness (QED) is 0.898. The summed E-state index contributed by atoms with van der Waals surface area (Å²) >= 11 is 0. The average Bonchev–Trinajstić information content (AvgIpc) is 2.48. The molecule has 0 spiro atoms. The Balaban J connectivity index is 2.26. The molecule has 1 aromatic carbocycles. The number of benzene rings is 1. The van der Waals surface area contributed by atoms with E-state index in [0.717, 1.165) is 36.1 Å². The van der Waals surface area contributed by atoms with Crippen LogP contribution in [0.1, 0.15) is 31.4 Å². The van der Waals surface area contributed by atoms with Gasteiger partial charge in [-0.05, 0) is 31.4 Å². The summed E-state index contributed by atoms with van der Waals surface area (Å²) in [5.41, 5.74) is 7.20. The first kappa shape index (κ1) is 15.1. The van der Waals surface area contributed by atoms with Gasteiger partial charge in [0.2, 0.25) is 0 Å². The molecular weight excluding hydrogens is 252 g/mol. The SMILES string of the molecule is COc1ccc([C@H](CN)N2CCC[C@H](C)C2)c(OC)c1. The molecule has 0 radical (unpaired) electrons. The van der Waals surface area contributed by atoms with Gasteiger partial charge in [-0.25, -0.2) is 0 Å². The van der Waals surface area contributed by atoms with Crippen molar-refractivity contribution >= 4 is 0 Å². The van der Waals surface area contributed by atoms with Crippen LogP contribution < -0.4 is 15.2 Å². The Morgan fingerprint density at radius 2 is 2.15 bits per heavy atom. The summed E-state index contributed by atoms with van der Waals surface area (Å²) in [6, 6.07) is 6.21. The molecule has 1 aliphatic heterocycles. The molecule has 0 aromatic heterocycles. The normalized spacial score (nSPS) is 21.5. The first-order valence-electron chi connectivity index (χ1n) is 7.35. The van der Waals surface area contributed by atoms with Gasteiger partial charge < -0.3 is 15.2 Å². The van der Waals surface area contributed by atoms with E-state index in [0.29, 0.717) is 6.54 Å². The van der Waals surface area contributed by atoms with E-state index < -0.39 is 0 Å². The highest BCUT2D eigenvalue weighted by Gasteiger charge is 2.26. The molecule has 0 bridgehead atoms. The van der Waals surface area contributed by atoms with Crippen LogP contribution in [0.3, 0.4) is 0 Å². The van der Waals surface area contributed by atoms with Crippen LogP contribution in [0.5, 0.6) is 11.5 Å². The molecule has 0 aliphatic carbocycles. The van der Waals surface area contributed by atoms with E-state index in [4.69, 9.17) is 15.2 Å². The molecule has 4 heteroatoms. The first-order chi connectivity index (χ1) is 9.69. The lowest BCUT2D eigenvalue weighted by molar-refractivity contribution is 0.131. The van der Waals surface area contributed by atoms with Gasteiger partial charge in [-0.1, -0.05) is 13.0 Å². The smallest absolute Gasteiger partial charge is 0.127 e. The molecule has 0 saturated carbocycles. The second kappa shape index (κ2) is 6.95. The lowest BCUT2D eigenvalue weighted by Crippen LogP contribution is -2.40. The summed E-state index contributed by atoms with van der Waals surface area (Å²) in [6.07, 6.45) is 2.56. The van der Waals surface area contributed by atoms with Crippen LogP contribution in [0.2, 0.25) is 0 Å². The molecule has 1 aliphatic rings. The Morgan fingerprint density at radius 3 is 2.75 bits per heavy atom. The highest BCUT2D eigenvalue weighted by Crippen LogP contribution is 2.34. The van der Waals surface area contributed by atoms with Crippen LogP contribution in [-0.2, 0) is 0 Å². The standard InChI is InChI=1S/C16H26N2O2/c1-12-5-4-8-18(11-12)15(10-17)14-7-6-13(19-2)9-16(14)20-3/h6-7,9,12,15H,4-5,8,10-11,17H2,1-3H3/t12-,15-/m0/s1. The van der Waals surface area contributed by atoms with Crippen molar-refractivity contribution in [1.29, 1.82) is 0 Å². The molecule has 112 valence electrons. The Bertz CT molecular complexity index is 436. The molecule has 0 amide bonds. The zero-order valence-corrected chi connectivity index (χ0v) is 12.8. The van der Waals surface area contributed by atoms with Gasteiger partial charge in [-0.2, -0.15) is 0 Å². The summed E-state index contributed by atoms with van der Waals surface area (Å²) in [5.74, 6) is 2.41. The van der Waals surface area contributed by atoms with Gasteiger partial charge in [0.05, 0.1) is 20.3 Å². The fourth-order valence-electron chi connectivity index (χ4n) is 3.08. The van der Waals surface area contributed by atoms with Crippen molar-refractivity contribution in [3.8, 4) is 11.5 Å². The van der Waals surface area contributed by atoms with E-state index in [1.807, 2.05) is 12.1 Å². The van der Waals surface area contributed by atoms with E-state index in [1.54, 1.807) is 14.2 Å². The topological polar surface area (TPSA) is 47.7 Å². The maximum atomic E-state index is 6.05. The Hall–Kier alpha value is -1.26. The number of nitrogens with zero attached hydrogens (tertiary/aromatic N) is 1. The predicted molar refractivity (Wildman–Crippen MR) is 81.3 cm³/mol. The zero-order chi connectivity index (χ0) is 14.5. The number of hydrogen-bond acceptors (Lipinski definition) is 4. The fourth-order valence-corrected chi connectivity index (χ4v) is 3.08. The van der Waals surface area contributed by atoms with Crippen LogP contribution >= 0.6 is 0 Å². The molecule has 1 saturated heterocycles. The first-order valence-corrected chi connectivity index (χ1v) is 7.35. The Morgan fingerprint density at radius 1 is 1.35 bits per heavy atom. The summed E-state index contributed by atoms with van der Waals surface area (Å²) in [6.45, 7) is 5.14. The number of nitrogens with two attached hydrogens (primary N) is 1. The van der Waals surface area contributed by atoms with Crippen LogP contribution in [0.15, 0.2) is 18.2 Å². The number of rotatable bonds is 5. The van der Waals surface area contributed by atoms with E-state index in [-0.39, 0.29) is 6.04 Å². The lowest BCUT2D eigenvalue weighted by atomic mass is 9.95. The van der Waals surface area contributed by atoms with Crippen molar-refractivity contribution in [3.05, 3.63) is 23.8 Å². The molecule has 2 atom stereocenters. The van der Waals surface area contributed by atoms with Crippen molar-refractivity contribution in [1.82, 2.24) is 4.90 Å². The third-order valence-electron chi connectivity index (χ3n) is 4.15. The third kappa shape index (κ3) is 3.25. The molecule has 1 heterocycles. The highest BCUT2D eigenvalue weighted by atomic mass is 16.5.